The fraction of sp³-hybridized carbons (Fsp3) is 0.455. The van der Waals surface area contributed by atoms with E-state index in [4.69, 9.17) is 5.10 Å². The summed E-state index contributed by atoms with van der Waals surface area (Å²) in [5, 5.41) is 16.0. The fourth-order valence-corrected chi connectivity index (χ4v) is 4.95. The number of rotatable bonds is 3. The second-order valence-corrected chi connectivity index (χ2v) is 8.19. The molecule has 6 nitrogen and oxygen atoms in total. The molecule has 6 heteroatoms. The summed E-state index contributed by atoms with van der Waals surface area (Å²) in [4.78, 5) is 18.3. The Morgan fingerprint density at radius 1 is 1.21 bits per heavy atom. The molecule has 28 heavy (non-hydrogen) atoms. The minimum atomic E-state index is 0.0329. The zero-order valence-corrected chi connectivity index (χ0v) is 16.2. The molecule has 0 radical (unpaired) electrons. The molecule has 0 spiro atoms. The number of aromatic hydroxyl groups is 1. The molecule has 0 bridgehead atoms. The lowest BCUT2D eigenvalue weighted by Gasteiger charge is -2.20. The molecule has 1 atom stereocenters. The second kappa shape index (κ2) is 6.78. The van der Waals surface area contributed by atoms with Gasteiger partial charge in [0.15, 0.2) is 0 Å². The highest BCUT2D eigenvalue weighted by atomic mass is 16.3. The predicted octanol–water partition coefficient (Wildman–Crippen LogP) is 3.12. The van der Waals surface area contributed by atoms with Crippen molar-refractivity contribution in [3.63, 3.8) is 0 Å². The molecule has 0 amide bonds. The topological polar surface area (TPSA) is 74.2 Å². The number of phenols is 1. The molecular formula is C22H26N4O2. The lowest BCUT2D eigenvalue weighted by atomic mass is 9.89. The van der Waals surface area contributed by atoms with Crippen molar-refractivity contribution in [2.75, 3.05) is 13.6 Å². The number of benzene rings is 1. The largest absolute Gasteiger partial charge is 0.508 e. The van der Waals surface area contributed by atoms with E-state index in [2.05, 4.69) is 16.9 Å². The van der Waals surface area contributed by atoms with Gasteiger partial charge in [0.2, 0.25) is 0 Å². The van der Waals surface area contributed by atoms with Gasteiger partial charge in [-0.1, -0.05) is 12.1 Å². The van der Waals surface area contributed by atoms with Gasteiger partial charge in [-0.3, -0.25) is 9.69 Å². The van der Waals surface area contributed by atoms with Crippen LogP contribution < -0.4 is 5.56 Å². The summed E-state index contributed by atoms with van der Waals surface area (Å²) in [7, 11) is 2.16. The van der Waals surface area contributed by atoms with Crippen molar-refractivity contribution >= 4 is 11.0 Å². The first-order valence-corrected chi connectivity index (χ1v) is 10.2. The van der Waals surface area contributed by atoms with E-state index in [1.54, 1.807) is 12.1 Å². The van der Waals surface area contributed by atoms with Crippen LogP contribution in [0, 0.1) is 0 Å². The first-order chi connectivity index (χ1) is 13.6. The van der Waals surface area contributed by atoms with Crippen molar-refractivity contribution in [1.29, 1.82) is 0 Å². The number of aryl methyl sites for hydroxylation is 1. The van der Waals surface area contributed by atoms with Crippen molar-refractivity contribution in [3.05, 3.63) is 57.0 Å². The van der Waals surface area contributed by atoms with Crippen LogP contribution in [0.4, 0.5) is 0 Å². The highest BCUT2D eigenvalue weighted by Crippen LogP contribution is 2.37. The van der Waals surface area contributed by atoms with E-state index in [1.165, 1.54) is 12.0 Å². The first kappa shape index (κ1) is 17.5. The monoisotopic (exact) mass is 378 g/mol. The Hall–Kier alpha value is -2.60. The highest BCUT2D eigenvalue weighted by Gasteiger charge is 2.31. The maximum atomic E-state index is 12.8. The van der Waals surface area contributed by atoms with Crippen LogP contribution >= 0.6 is 0 Å². The molecular weight excluding hydrogens is 352 g/mol. The quantitative estimate of drug-likeness (QED) is 0.734. The number of aromatic nitrogens is 3. The van der Waals surface area contributed by atoms with Crippen LogP contribution in [-0.2, 0) is 19.4 Å². The molecule has 1 aromatic carbocycles. The predicted molar refractivity (Wildman–Crippen MR) is 109 cm³/mol. The zero-order chi connectivity index (χ0) is 19.3. The van der Waals surface area contributed by atoms with Gasteiger partial charge in [0.25, 0.3) is 5.56 Å². The smallest absolute Gasteiger partial charge is 0.253 e. The van der Waals surface area contributed by atoms with Crippen LogP contribution in [0.25, 0.3) is 11.0 Å². The van der Waals surface area contributed by atoms with Crippen LogP contribution in [0.15, 0.2) is 29.1 Å². The van der Waals surface area contributed by atoms with Crippen LogP contribution in [0.3, 0.4) is 0 Å². The third-order valence-corrected chi connectivity index (χ3v) is 6.33. The van der Waals surface area contributed by atoms with E-state index in [9.17, 15) is 9.90 Å². The zero-order valence-electron chi connectivity index (χ0n) is 16.2. The van der Waals surface area contributed by atoms with E-state index >= 15 is 0 Å². The van der Waals surface area contributed by atoms with Gasteiger partial charge in [0.05, 0.1) is 18.3 Å². The van der Waals surface area contributed by atoms with Crippen molar-refractivity contribution < 1.29 is 5.11 Å². The molecule has 3 aromatic rings. The van der Waals surface area contributed by atoms with Gasteiger partial charge in [0.1, 0.15) is 11.4 Å². The number of nitrogens with one attached hydrogen (secondary N) is 1. The van der Waals surface area contributed by atoms with E-state index in [-0.39, 0.29) is 11.3 Å². The summed E-state index contributed by atoms with van der Waals surface area (Å²) in [5.74, 6) is 0.246. The van der Waals surface area contributed by atoms with Crippen molar-refractivity contribution in [2.45, 2.75) is 51.1 Å². The van der Waals surface area contributed by atoms with Crippen molar-refractivity contribution in [2.24, 2.45) is 0 Å². The Morgan fingerprint density at radius 3 is 2.79 bits per heavy atom. The fourth-order valence-electron chi connectivity index (χ4n) is 4.95. The molecule has 0 unspecified atom stereocenters. The molecule has 3 heterocycles. The number of pyridine rings is 1. The molecule has 1 aliphatic heterocycles. The minimum absolute atomic E-state index is 0.0329. The van der Waals surface area contributed by atoms with Gasteiger partial charge < -0.3 is 10.1 Å². The molecule has 0 saturated carbocycles. The maximum Gasteiger partial charge on any atom is 0.253 e. The lowest BCUT2D eigenvalue weighted by molar-refractivity contribution is 0.311. The standard InChI is InChI=1S/C22H26N4O2/c1-25-11-5-10-18(25)20-19-16-8-2-3-9-17(16)22(28)23-21(19)26(24-20)13-14-6-4-7-15(27)12-14/h4,6-7,12,18,27H,2-3,5,8-11,13H2,1H3,(H,23,28)/t18-/m1/s1. The van der Waals surface area contributed by atoms with Gasteiger partial charge >= 0.3 is 0 Å². The second-order valence-electron chi connectivity index (χ2n) is 8.19. The Labute approximate surface area is 163 Å². The molecule has 146 valence electrons. The number of likely N-dealkylation sites (tertiary alicyclic amines) is 1. The van der Waals surface area contributed by atoms with Crippen LogP contribution in [0.5, 0.6) is 5.75 Å². The summed E-state index contributed by atoms with van der Waals surface area (Å²) in [6.07, 6.45) is 6.30. The number of H-pyrrole nitrogens is 1. The summed E-state index contributed by atoms with van der Waals surface area (Å²) in [6.45, 7) is 1.60. The van der Waals surface area contributed by atoms with Gasteiger partial charge in [-0.25, -0.2) is 4.68 Å². The summed E-state index contributed by atoms with van der Waals surface area (Å²) in [5.41, 5.74) is 5.09. The SMILES string of the molecule is CN1CCC[C@@H]1c1nn(Cc2cccc(O)c2)c2[nH]c(=O)c3c(c12)CCCC3. The number of phenolic OH excluding ortho intramolecular Hbond substituents is 1. The number of nitrogens with zero attached hydrogens (tertiary/aromatic N) is 3. The highest BCUT2D eigenvalue weighted by molar-refractivity contribution is 5.84. The van der Waals surface area contributed by atoms with Crippen LogP contribution in [-0.4, -0.2) is 38.4 Å². The molecule has 2 N–H and O–H groups in total. The Bertz CT molecular complexity index is 1100. The number of fused-ring (bicyclic) bond motifs is 3. The lowest BCUT2D eigenvalue weighted by Crippen LogP contribution is -2.21. The molecule has 2 aliphatic rings. The molecule has 1 fully saturated rings. The average Bonchev–Trinajstić information content (AvgIpc) is 3.26. The number of hydrogen-bond donors (Lipinski definition) is 2. The normalized spacial score (nSPS) is 20.0. The molecule has 1 saturated heterocycles. The molecule has 5 rings (SSSR count). The van der Waals surface area contributed by atoms with Crippen LogP contribution in [0.1, 0.15) is 54.1 Å². The van der Waals surface area contributed by atoms with Gasteiger partial charge in [-0.05, 0) is 75.4 Å². The maximum absolute atomic E-state index is 12.8. The Balaban J connectivity index is 1.72. The van der Waals surface area contributed by atoms with Gasteiger partial charge in [0, 0.05) is 10.9 Å². The third-order valence-electron chi connectivity index (χ3n) is 6.33. The first-order valence-electron chi connectivity index (χ1n) is 10.2. The van der Waals surface area contributed by atoms with E-state index in [0.29, 0.717) is 12.6 Å². The number of hydrogen-bond acceptors (Lipinski definition) is 4. The summed E-state index contributed by atoms with van der Waals surface area (Å²) < 4.78 is 1.92. The molecule has 1 aliphatic carbocycles. The van der Waals surface area contributed by atoms with Crippen molar-refractivity contribution in [1.82, 2.24) is 19.7 Å². The third kappa shape index (κ3) is 2.83. The van der Waals surface area contributed by atoms with E-state index in [1.807, 2.05) is 16.8 Å². The Kier molecular flexibility index (Phi) is 4.23. The summed E-state index contributed by atoms with van der Waals surface area (Å²) >= 11 is 0. The van der Waals surface area contributed by atoms with Crippen molar-refractivity contribution in [3.8, 4) is 5.75 Å². The van der Waals surface area contributed by atoms with E-state index < -0.39 is 0 Å². The Morgan fingerprint density at radius 2 is 2.04 bits per heavy atom. The van der Waals surface area contributed by atoms with Crippen LogP contribution in [0.2, 0.25) is 0 Å². The van der Waals surface area contributed by atoms with E-state index in [0.717, 1.165) is 66.5 Å². The average molecular weight is 378 g/mol. The van der Waals surface area contributed by atoms with Gasteiger partial charge in [-0.15, -0.1) is 0 Å². The van der Waals surface area contributed by atoms with Gasteiger partial charge in [-0.2, -0.15) is 5.10 Å². The minimum Gasteiger partial charge on any atom is -0.508 e. The number of aromatic amines is 1. The summed E-state index contributed by atoms with van der Waals surface area (Å²) in [6, 6.07) is 7.54. The molecule has 2 aromatic heterocycles.